The zero-order chi connectivity index (χ0) is 15.5. The number of likely N-dealkylation sites (tertiary alicyclic amines) is 1. The van der Waals surface area contributed by atoms with Crippen molar-refractivity contribution in [3.8, 4) is 0 Å². The highest BCUT2D eigenvalue weighted by atomic mass is 35.5. The third-order valence-electron chi connectivity index (χ3n) is 3.76. The molecule has 1 aromatic heterocycles. The van der Waals surface area contributed by atoms with Crippen LogP contribution in [0.5, 0.6) is 0 Å². The van der Waals surface area contributed by atoms with E-state index < -0.39 is 10.0 Å². The number of nitrogens with one attached hydrogen (secondary N) is 1. The van der Waals surface area contributed by atoms with E-state index in [4.69, 9.17) is 23.2 Å². The molecule has 0 atom stereocenters. The molecule has 118 valence electrons. The summed E-state index contributed by atoms with van der Waals surface area (Å²) in [6.45, 7) is 2.58. The Hall–Kier alpha value is -0.400. The van der Waals surface area contributed by atoms with Gasteiger partial charge in [0.1, 0.15) is 10.0 Å². The van der Waals surface area contributed by atoms with Gasteiger partial charge in [0.15, 0.2) is 0 Å². The molecule has 1 aliphatic rings. The summed E-state index contributed by atoms with van der Waals surface area (Å²) in [6, 6.07) is 1.31. The number of nitrogens with zero attached hydrogens (tertiary/aromatic N) is 2. The Morgan fingerprint density at radius 2 is 2.05 bits per heavy atom. The van der Waals surface area contributed by atoms with Crippen molar-refractivity contribution in [2.24, 2.45) is 5.92 Å². The van der Waals surface area contributed by atoms with Crippen LogP contribution in [0.3, 0.4) is 0 Å². The lowest BCUT2D eigenvalue weighted by atomic mass is 9.94. The van der Waals surface area contributed by atoms with Gasteiger partial charge in [0.25, 0.3) is 0 Å². The first-order chi connectivity index (χ1) is 9.88. The first kappa shape index (κ1) is 17.0. The largest absolute Gasteiger partial charge is 0.306 e. The number of piperidine rings is 1. The molecule has 5 nitrogen and oxygen atoms in total. The molecule has 1 aliphatic heterocycles. The molecule has 0 bridgehead atoms. The molecule has 0 radical (unpaired) electrons. The van der Waals surface area contributed by atoms with Gasteiger partial charge < -0.3 is 4.90 Å². The van der Waals surface area contributed by atoms with Crippen LogP contribution in [0.2, 0.25) is 10.2 Å². The van der Waals surface area contributed by atoms with Crippen molar-refractivity contribution in [3.63, 3.8) is 0 Å². The first-order valence-electron chi connectivity index (χ1n) is 6.88. The second-order valence-electron chi connectivity index (χ2n) is 5.38. The number of hydrogen-bond acceptors (Lipinski definition) is 4. The Morgan fingerprint density at radius 1 is 1.38 bits per heavy atom. The monoisotopic (exact) mass is 351 g/mol. The lowest BCUT2D eigenvalue weighted by molar-refractivity contribution is 0.213. The Kier molecular flexibility index (Phi) is 5.85. The normalized spacial score (nSPS) is 18.0. The van der Waals surface area contributed by atoms with Gasteiger partial charge in [-0.3, -0.25) is 0 Å². The van der Waals surface area contributed by atoms with Crippen LogP contribution in [0.25, 0.3) is 0 Å². The number of pyridine rings is 1. The van der Waals surface area contributed by atoms with Crippen molar-refractivity contribution in [2.45, 2.75) is 24.2 Å². The van der Waals surface area contributed by atoms with E-state index >= 15 is 0 Å². The van der Waals surface area contributed by atoms with Gasteiger partial charge in [-0.25, -0.2) is 18.1 Å². The van der Waals surface area contributed by atoms with E-state index in [0.29, 0.717) is 12.5 Å². The molecule has 21 heavy (non-hydrogen) atoms. The van der Waals surface area contributed by atoms with E-state index in [9.17, 15) is 8.42 Å². The highest BCUT2D eigenvalue weighted by Gasteiger charge is 2.19. The number of halogens is 2. The molecule has 0 unspecified atom stereocenters. The van der Waals surface area contributed by atoms with Crippen LogP contribution in [-0.2, 0) is 10.0 Å². The van der Waals surface area contributed by atoms with Crippen LogP contribution in [-0.4, -0.2) is 45.0 Å². The molecule has 0 amide bonds. The van der Waals surface area contributed by atoms with Crippen LogP contribution >= 0.6 is 23.2 Å². The van der Waals surface area contributed by atoms with Gasteiger partial charge in [-0.1, -0.05) is 23.2 Å². The molecular weight excluding hydrogens is 333 g/mol. The maximum absolute atomic E-state index is 12.1. The van der Waals surface area contributed by atoms with Crippen molar-refractivity contribution in [1.82, 2.24) is 14.6 Å². The molecule has 2 heterocycles. The van der Waals surface area contributed by atoms with E-state index in [2.05, 4.69) is 21.7 Å². The van der Waals surface area contributed by atoms with Gasteiger partial charge in [-0.05, 0) is 51.4 Å². The molecule has 1 saturated heterocycles. The number of rotatable bonds is 5. The van der Waals surface area contributed by atoms with Crippen molar-refractivity contribution >= 4 is 33.2 Å². The van der Waals surface area contributed by atoms with Crippen LogP contribution < -0.4 is 4.72 Å². The molecule has 2 rings (SSSR count). The Labute approximate surface area is 135 Å². The second-order valence-corrected chi connectivity index (χ2v) is 7.91. The summed E-state index contributed by atoms with van der Waals surface area (Å²) < 4.78 is 26.9. The molecule has 1 N–H and O–H groups in total. The molecule has 1 aromatic rings. The van der Waals surface area contributed by atoms with Crippen LogP contribution in [0.1, 0.15) is 19.3 Å². The maximum Gasteiger partial charge on any atom is 0.242 e. The minimum absolute atomic E-state index is 0.0419. The zero-order valence-corrected chi connectivity index (χ0v) is 14.2. The van der Waals surface area contributed by atoms with E-state index in [1.54, 1.807) is 0 Å². The minimum atomic E-state index is -3.58. The lowest BCUT2D eigenvalue weighted by Crippen LogP contribution is -2.32. The molecule has 0 saturated carbocycles. The first-order valence-corrected chi connectivity index (χ1v) is 9.11. The summed E-state index contributed by atoms with van der Waals surface area (Å²) >= 11 is 11.5. The van der Waals surface area contributed by atoms with Gasteiger partial charge in [0, 0.05) is 12.7 Å². The standard InChI is InChI=1S/C13H19Cl2N3O2S/c1-18-6-3-10(4-7-18)2-5-17-21(19,20)11-8-12(14)13(15)16-9-11/h8-10,17H,2-7H2,1H3. The molecule has 0 aromatic carbocycles. The smallest absolute Gasteiger partial charge is 0.242 e. The highest BCUT2D eigenvalue weighted by molar-refractivity contribution is 7.89. The molecule has 0 aliphatic carbocycles. The van der Waals surface area contributed by atoms with Gasteiger partial charge >= 0.3 is 0 Å². The Balaban J connectivity index is 1.88. The summed E-state index contributed by atoms with van der Waals surface area (Å²) in [5.41, 5.74) is 0. The van der Waals surface area contributed by atoms with E-state index in [1.807, 2.05) is 0 Å². The van der Waals surface area contributed by atoms with Gasteiger partial charge in [-0.15, -0.1) is 0 Å². The third-order valence-corrected chi connectivity index (χ3v) is 5.88. The lowest BCUT2D eigenvalue weighted by Gasteiger charge is -2.28. The fourth-order valence-corrected chi connectivity index (χ4v) is 3.73. The van der Waals surface area contributed by atoms with Gasteiger partial charge in [0.05, 0.1) is 5.02 Å². The zero-order valence-electron chi connectivity index (χ0n) is 11.8. The molecule has 1 fully saturated rings. The predicted octanol–water partition coefficient (Wildman–Crippen LogP) is 2.40. The topological polar surface area (TPSA) is 62.3 Å². The summed E-state index contributed by atoms with van der Waals surface area (Å²) in [5.74, 6) is 0.579. The molecule has 0 spiro atoms. The maximum atomic E-state index is 12.1. The summed E-state index contributed by atoms with van der Waals surface area (Å²) in [4.78, 5) is 6.10. The number of aromatic nitrogens is 1. The van der Waals surface area contributed by atoms with Crippen LogP contribution in [0.15, 0.2) is 17.2 Å². The Morgan fingerprint density at radius 3 is 2.67 bits per heavy atom. The second kappa shape index (κ2) is 7.24. The van der Waals surface area contributed by atoms with E-state index in [1.165, 1.54) is 12.3 Å². The third kappa shape index (κ3) is 4.79. The predicted molar refractivity (Wildman–Crippen MR) is 84.3 cm³/mol. The van der Waals surface area contributed by atoms with Crippen molar-refractivity contribution in [2.75, 3.05) is 26.7 Å². The summed E-state index contributed by atoms with van der Waals surface area (Å²) in [7, 11) is -1.47. The average Bonchev–Trinajstić information content (AvgIpc) is 2.44. The van der Waals surface area contributed by atoms with E-state index in [0.717, 1.165) is 32.4 Å². The van der Waals surface area contributed by atoms with Crippen LogP contribution in [0, 0.1) is 5.92 Å². The Bertz CT molecular complexity index is 587. The minimum Gasteiger partial charge on any atom is -0.306 e. The SMILES string of the molecule is CN1CCC(CCNS(=O)(=O)c2cnc(Cl)c(Cl)c2)CC1. The van der Waals surface area contributed by atoms with Crippen molar-refractivity contribution in [1.29, 1.82) is 0 Å². The summed E-state index contributed by atoms with van der Waals surface area (Å²) in [5, 5.41) is 0.233. The molecule has 8 heteroatoms. The van der Waals surface area contributed by atoms with Gasteiger partial charge in [-0.2, -0.15) is 0 Å². The average molecular weight is 352 g/mol. The van der Waals surface area contributed by atoms with Gasteiger partial charge in [0.2, 0.25) is 10.0 Å². The number of sulfonamides is 1. The number of hydrogen-bond donors (Lipinski definition) is 1. The highest BCUT2D eigenvalue weighted by Crippen LogP contribution is 2.22. The molecular formula is C13H19Cl2N3O2S. The summed E-state index contributed by atoms with van der Waals surface area (Å²) in [6.07, 6.45) is 4.30. The van der Waals surface area contributed by atoms with Crippen molar-refractivity contribution in [3.05, 3.63) is 22.4 Å². The van der Waals surface area contributed by atoms with Crippen molar-refractivity contribution < 1.29 is 8.42 Å². The quantitative estimate of drug-likeness (QED) is 0.827. The van der Waals surface area contributed by atoms with Crippen LogP contribution in [0.4, 0.5) is 0 Å². The fourth-order valence-electron chi connectivity index (χ4n) is 2.38. The van der Waals surface area contributed by atoms with E-state index in [-0.39, 0.29) is 15.1 Å². The fraction of sp³-hybridized carbons (Fsp3) is 0.615.